The van der Waals surface area contributed by atoms with E-state index in [9.17, 15) is 9.00 Å². The molecule has 1 atom stereocenters. The van der Waals surface area contributed by atoms with Gasteiger partial charge in [-0.05, 0) is 24.3 Å². The van der Waals surface area contributed by atoms with E-state index in [1.807, 2.05) is 0 Å². The molecule has 70 valence electrons. The second-order valence-electron chi connectivity index (χ2n) is 2.24. The Morgan fingerprint density at radius 2 is 2.00 bits per heavy atom. The Labute approximate surface area is 87.2 Å². The lowest BCUT2D eigenvalue weighted by Crippen LogP contribution is -2.19. The smallest absolute Gasteiger partial charge is 0.134 e. The summed E-state index contributed by atoms with van der Waals surface area (Å²) in [6, 6.07) is 7.07. The third kappa shape index (κ3) is 3.38. The zero-order valence-corrected chi connectivity index (χ0v) is 9.10. The van der Waals surface area contributed by atoms with Crippen molar-refractivity contribution in [3.05, 3.63) is 28.7 Å². The van der Waals surface area contributed by atoms with Gasteiger partial charge in [-0.25, -0.2) is 8.93 Å². The van der Waals surface area contributed by atoms with E-state index in [2.05, 4.69) is 20.7 Å². The minimum atomic E-state index is -1.29. The third-order valence-corrected chi connectivity index (χ3v) is 2.98. The van der Waals surface area contributed by atoms with Gasteiger partial charge in [0, 0.05) is 4.47 Å². The highest BCUT2D eigenvalue weighted by Gasteiger charge is 2.00. The van der Waals surface area contributed by atoms with Gasteiger partial charge in [0.2, 0.25) is 0 Å². The summed E-state index contributed by atoms with van der Waals surface area (Å²) in [4.78, 5) is 10.6. The van der Waals surface area contributed by atoms with Crippen LogP contribution >= 0.6 is 15.9 Å². The molecule has 0 radical (unpaired) electrons. The summed E-state index contributed by atoms with van der Waals surface area (Å²) in [5.41, 5.74) is 0. The Morgan fingerprint density at radius 3 is 2.54 bits per heavy atom. The first-order chi connectivity index (χ1) is 6.24. The van der Waals surface area contributed by atoms with E-state index in [1.54, 1.807) is 24.3 Å². The molecule has 1 rings (SSSR count). The van der Waals surface area contributed by atoms with Gasteiger partial charge < -0.3 is 4.79 Å². The third-order valence-electron chi connectivity index (χ3n) is 1.33. The first-order valence-electron chi connectivity index (χ1n) is 3.58. The number of hydrogen-bond acceptors (Lipinski definition) is 2. The SMILES string of the molecule is O=CCNS(=O)c1ccc(Br)cc1. The van der Waals surface area contributed by atoms with Crippen molar-refractivity contribution in [3.63, 3.8) is 0 Å². The van der Waals surface area contributed by atoms with Gasteiger partial charge in [-0.3, -0.25) is 0 Å². The molecule has 0 aromatic heterocycles. The molecule has 1 aromatic rings. The lowest BCUT2D eigenvalue weighted by molar-refractivity contribution is -0.106. The van der Waals surface area contributed by atoms with Crippen LogP contribution in [-0.2, 0) is 15.8 Å². The summed E-state index contributed by atoms with van der Waals surface area (Å²) in [6.07, 6.45) is 0.677. The summed E-state index contributed by atoms with van der Waals surface area (Å²) in [5, 5.41) is 0. The van der Waals surface area contributed by atoms with Gasteiger partial charge in [0.05, 0.1) is 11.4 Å². The quantitative estimate of drug-likeness (QED) is 0.830. The number of nitrogens with one attached hydrogen (secondary N) is 1. The van der Waals surface area contributed by atoms with Gasteiger partial charge in [-0.2, -0.15) is 0 Å². The topological polar surface area (TPSA) is 46.2 Å². The molecule has 0 heterocycles. The summed E-state index contributed by atoms with van der Waals surface area (Å²) >= 11 is 3.27. The van der Waals surface area contributed by atoms with Gasteiger partial charge in [-0.15, -0.1) is 0 Å². The molecular weight excluding hydrogens is 254 g/mol. The summed E-state index contributed by atoms with van der Waals surface area (Å²) in [6.45, 7) is 0.0999. The van der Waals surface area contributed by atoms with E-state index >= 15 is 0 Å². The van der Waals surface area contributed by atoms with Crippen LogP contribution in [-0.4, -0.2) is 17.0 Å². The van der Waals surface area contributed by atoms with Crippen LogP contribution < -0.4 is 4.72 Å². The first kappa shape index (κ1) is 10.6. The van der Waals surface area contributed by atoms with Crippen molar-refractivity contribution < 1.29 is 9.00 Å². The van der Waals surface area contributed by atoms with Crippen molar-refractivity contribution in [1.29, 1.82) is 0 Å². The number of aldehydes is 1. The Bertz CT molecular complexity index is 312. The summed E-state index contributed by atoms with van der Waals surface area (Å²) in [5.74, 6) is 0. The highest BCUT2D eigenvalue weighted by Crippen LogP contribution is 2.12. The fourth-order valence-corrected chi connectivity index (χ4v) is 1.78. The summed E-state index contributed by atoms with van der Waals surface area (Å²) < 4.78 is 14.8. The highest BCUT2D eigenvalue weighted by atomic mass is 79.9. The van der Waals surface area contributed by atoms with E-state index in [1.165, 1.54) is 0 Å². The Kier molecular flexibility index (Phi) is 4.27. The molecule has 13 heavy (non-hydrogen) atoms. The fraction of sp³-hybridized carbons (Fsp3) is 0.125. The first-order valence-corrected chi connectivity index (χ1v) is 5.53. The van der Waals surface area contributed by atoms with Gasteiger partial charge in [0.1, 0.15) is 17.3 Å². The predicted molar refractivity (Wildman–Crippen MR) is 54.6 cm³/mol. The molecule has 1 N–H and O–H groups in total. The van der Waals surface area contributed by atoms with Crippen LogP contribution in [0.2, 0.25) is 0 Å². The van der Waals surface area contributed by atoms with Crippen molar-refractivity contribution in [2.45, 2.75) is 4.90 Å². The van der Waals surface area contributed by atoms with Crippen LogP contribution in [0.5, 0.6) is 0 Å². The molecule has 0 saturated heterocycles. The van der Waals surface area contributed by atoms with Crippen LogP contribution in [0.4, 0.5) is 0 Å². The molecule has 0 aliphatic heterocycles. The molecule has 0 fully saturated rings. The maximum Gasteiger partial charge on any atom is 0.134 e. The normalized spacial score (nSPS) is 12.4. The fourth-order valence-electron chi connectivity index (χ4n) is 0.751. The molecule has 0 aliphatic rings. The molecule has 0 bridgehead atoms. The van der Waals surface area contributed by atoms with Crippen molar-refractivity contribution in [2.75, 3.05) is 6.54 Å². The van der Waals surface area contributed by atoms with Crippen LogP contribution in [0, 0.1) is 0 Å². The summed E-state index contributed by atoms with van der Waals surface area (Å²) in [7, 11) is -1.29. The molecular formula is C8H8BrNO2S. The lowest BCUT2D eigenvalue weighted by atomic mass is 10.4. The van der Waals surface area contributed by atoms with Gasteiger partial charge in [-0.1, -0.05) is 15.9 Å². The van der Waals surface area contributed by atoms with Crippen LogP contribution in [0.15, 0.2) is 33.6 Å². The number of halogens is 1. The Hall–Kier alpha value is -0.520. The minimum Gasteiger partial charge on any atom is -0.302 e. The van der Waals surface area contributed by atoms with E-state index in [4.69, 9.17) is 0 Å². The van der Waals surface area contributed by atoms with E-state index in [0.29, 0.717) is 11.2 Å². The zero-order valence-electron chi connectivity index (χ0n) is 6.70. The molecule has 1 unspecified atom stereocenters. The number of hydrogen-bond donors (Lipinski definition) is 1. The maximum absolute atomic E-state index is 11.3. The van der Waals surface area contributed by atoms with E-state index in [-0.39, 0.29) is 6.54 Å². The molecule has 0 aliphatic carbocycles. The maximum atomic E-state index is 11.3. The Morgan fingerprint density at radius 1 is 1.38 bits per heavy atom. The zero-order chi connectivity index (χ0) is 9.68. The van der Waals surface area contributed by atoms with Gasteiger partial charge in [0.15, 0.2) is 0 Å². The van der Waals surface area contributed by atoms with Crippen molar-refractivity contribution in [3.8, 4) is 0 Å². The lowest BCUT2D eigenvalue weighted by Gasteiger charge is -2.00. The highest BCUT2D eigenvalue weighted by molar-refractivity contribution is 9.10. The average Bonchev–Trinajstić information content (AvgIpc) is 2.15. The number of benzene rings is 1. The molecule has 0 amide bonds. The molecule has 0 saturated carbocycles. The van der Waals surface area contributed by atoms with Crippen LogP contribution in [0.25, 0.3) is 0 Å². The van der Waals surface area contributed by atoms with Gasteiger partial charge >= 0.3 is 0 Å². The van der Waals surface area contributed by atoms with Crippen molar-refractivity contribution >= 4 is 33.2 Å². The minimum absolute atomic E-state index is 0.0999. The molecule has 3 nitrogen and oxygen atoms in total. The van der Waals surface area contributed by atoms with Crippen LogP contribution in [0.1, 0.15) is 0 Å². The Balaban J connectivity index is 2.66. The van der Waals surface area contributed by atoms with E-state index < -0.39 is 11.0 Å². The molecule has 1 aromatic carbocycles. The predicted octanol–water partition coefficient (Wildman–Crippen LogP) is 1.26. The van der Waals surface area contributed by atoms with Gasteiger partial charge in [0.25, 0.3) is 0 Å². The van der Waals surface area contributed by atoms with Crippen molar-refractivity contribution in [1.82, 2.24) is 4.72 Å². The average molecular weight is 262 g/mol. The monoisotopic (exact) mass is 261 g/mol. The number of carbonyl (C=O) groups is 1. The second kappa shape index (κ2) is 5.26. The van der Waals surface area contributed by atoms with Crippen molar-refractivity contribution in [2.24, 2.45) is 0 Å². The number of carbonyl (C=O) groups excluding carboxylic acids is 1. The largest absolute Gasteiger partial charge is 0.302 e. The second-order valence-corrected chi connectivity index (χ2v) is 4.45. The standard InChI is InChI=1S/C8H8BrNO2S/c9-7-1-3-8(4-2-7)13(12)10-5-6-11/h1-4,6,10H,5H2. The molecule has 0 spiro atoms. The number of rotatable bonds is 4. The molecule has 5 heteroatoms. The van der Waals surface area contributed by atoms with E-state index in [0.717, 1.165) is 4.47 Å². The van der Waals surface area contributed by atoms with Crippen LogP contribution in [0.3, 0.4) is 0 Å².